The predicted molar refractivity (Wildman–Crippen MR) is 102 cm³/mol. The van der Waals surface area contributed by atoms with Gasteiger partial charge in [-0.2, -0.15) is 0 Å². The van der Waals surface area contributed by atoms with E-state index >= 15 is 0 Å². The van der Waals surface area contributed by atoms with Crippen LogP contribution in [0.5, 0.6) is 0 Å². The van der Waals surface area contributed by atoms with Crippen molar-refractivity contribution < 1.29 is 9.21 Å². The highest BCUT2D eigenvalue weighted by atomic mass is 35.5. The van der Waals surface area contributed by atoms with Crippen LogP contribution in [0.2, 0.25) is 5.02 Å². The number of amides is 1. The van der Waals surface area contributed by atoms with Crippen molar-refractivity contribution in [3.05, 3.63) is 51.3 Å². The van der Waals surface area contributed by atoms with Crippen LogP contribution in [0.4, 0.5) is 5.69 Å². The Kier molecular flexibility index (Phi) is 4.97. The quantitative estimate of drug-likeness (QED) is 0.638. The van der Waals surface area contributed by atoms with Crippen LogP contribution in [-0.4, -0.2) is 32.9 Å². The minimum atomic E-state index is -0.249. The molecule has 0 saturated carbocycles. The second kappa shape index (κ2) is 7.38. The normalized spacial score (nSPS) is 17.2. The molecule has 1 aromatic carbocycles. The summed E-state index contributed by atoms with van der Waals surface area (Å²) in [6.07, 6.45) is 1.21. The molecule has 2 aromatic heterocycles. The maximum Gasteiger partial charge on any atom is 0.277 e. The zero-order valence-corrected chi connectivity index (χ0v) is 16.3. The van der Waals surface area contributed by atoms with E-state index in [-0.39, 0.29) is 11.2 Å². The van der Waals surface area contributed by atoms with Gasteiger partial charge in [-0.15, -0.1) is 21.5 Å². The minimum Gasteiger partial charge on any atom is -0.416 e. The molecule has 3 heterocycles. The number of halogens is 1. The number of nitrogens with zero attached hydrogens (tertiary/aromatic N) is 4. The van der Waals surface area contributed by atoms with E-state index in [1.165, 1.54) is 11.8 Å². The van der Waals surface area contributed by atoms with Crippen molar-refractivity contribution in [2.24, 2.45) is 0 Å². The summed E-state index contributed by atoms with van der Waals surface area (Å²) in [5, 5.41) is 11.8. The topological polar surface area (TPSA) is 72.1 Å². The molecule has 0 radical (unpaired) electrons. The number of benzene rings is 1. The first-order valence-electron chi connectivity index (χ1n) is 8.06. The maximum atomic E-state index is 12.7. The van der Waals surface area contributed by atoms with Crippen LogP contribution in [0.15, 0.2) is 39.3 Å². The average molecular weight is 407 g/mol. The lowest BCUT2D eigenvalue weighted by molar-refractivity contribution is -0.116. The molecule has 0 bridgehead atoms. The number of hydrogen-bond acceptors (Lipinski definition) is 7. The van der Waals surface area contributed by atoms with Gasteiger partial charge in [0.25, 0.3) is 5.22 Å². The number of aromatic nitrogens is 3. The minimum absolute atomic E-state index is 0.0120. The molecule has 0 N–H and O–H groups in total. The third-order valence-corrected chi connectivity index (χ3v) is 6.22. The number of thioether (sulfide) groups is 1. The Morgan fingerprint density at radius 1 is 1.38 bits per heavy atom. The van der Waals surface area contributed by atoms with Gasteiger partial charge in [0.1, 0.15) is 0 Å². The molecule has 1 atom stereocenters. The largest absolute Gasteiger partial charge is 0.416 e. The van der Waals surface area contributed by atoms with Crippen LogP contribution in [0, 0.1) is 6.92 Å². The van der Waals surface area contributed by atoms with E-state index < -0.39 is 0 Å². The lowest BCUT2D eigenvalue weighted by Gasteiger charge is -2.17. The Morgan fingerprint density at radius 3 is 3.00 bits per heavy atom. The fraction of sp³-hybridized carbons (Fsp3) is 0.294. The molecule has 4 rings (SSSR count). The van der Waals surface area contributed by atoms with Crippen molar-refractivity contribution >= 4 is 46.3 Å². The Morgan fingerprint density at radius 2 is 2.23 bits per heavy atom. The number of carbonyl (C=O) groups is 1. The SMILES string of the molecule is Cc1nc(Cc2nnc(SC3CCN(c4ccccc4Cl)C3=O)o2)cs1. The molecule has 26 heavy (non-hydrogen) atoms. The number of anilines is 1. The van der Waals surface area contributed by atoms with Crippen molar-refractivity contribution in [2.45, 2.75) is 30.2 Å². The molecule has 0 aliphatic carbocycles. The summed E-state index contributed by atoms with van der Waals surface area (Å²) < 4.78 is 5.68. The lowest BCUT2D eigenvalue weighted by atomic mass is 10.3. The highest BCUT2D eigenvalue weighted by Crippen LogP contribution is 2.35. The number of hydrogen-bond donors (Lipinski definition) is 0. The number of carbonyl (C=O) groups excluding carboxylic acids is 1. The molecule has 1 aliphatic rings. The van der Waals surface area contributed by atoms with Crippen molar-refractivity contribution in [1.82, 2.24) is 15.2 Å². The van der Waals surface area contributed by atoms with Gasteiger partial charge >= 0.3 is 0 Å². The van der Waals surface area contributed by atoms with E-state index in [4.69, 9.17) is 16.0 Å². The summed E-state index contributed by atoms with van der Waals surface area (Å²) >= 11 is 9.11. The second-order valence-electron chi connectivity index (χ2n) is 5.83. The molecule has 6 nitrogen and oxygen atoms in total. The number of thiazole rings is 1. The predicted octanol–water partition coefficient (Wildman–Crippen LogP) is 3.98. The Labute approximate surface area is 163 Å². The summed E-state index contributed by atoms with van der Waals surface area (Å²) in [4.78, 5) is 18.8. The van der Waals surface area contributed by atoms with Gasteiger partial charge in [-0.05, 0) is 25.5 Å². The summed E-state index contributed by atoms with van der Waals surface area (Å²) in [5.74, 6) is 0.518. The van der Waals surface area contributed by atoms with Gasteiger partial charge in [-0.1, -0.05) is 35.5 Å². The van der Waals surface area contributed by atoms with Gasteiger partial charge in [0, 0.05) is 11.9 Å². The number of rotatable bonds is 5. The highest BCUT2D eigenvalue weighted by Gasteiger charge is 2.35. The molecule has 1 unspecified atom stereocenters. The van der Waals surface area contributed by atoms with E-state index in [1.807, 2.05) is 30.5 Å². The van der Waals surface area contributed by atoms with Gasteiger partial charge in [-0.25, -0.2) is 4.98 Å². The van der Waals surface area contributed by atoms with Gasteiger partial charge in [0.05, 0.1) is 33.1 Å². The Bertz CT molecular complexity index is 942. The van der Waals surface area contributed by atoms with Gasteiger partial charge < -0.3 is 9.32 Å². The first kappa shape index (κ1) is 17.5. The first-order valence-corrected chi connectivity index (χ1v) is 10.2. The van der Waals surface area contributed by atoms with Crippen LogP contribution in [0.25, 0.3) is 0 Å². The van der Waals surface area contributed by atoms with E-state index in [2.05, 4.69) is 15.2 Å². The molecule has 1 fully saturated rings. The lowest BCUT2D eigenvalue weighted by Crippen LogP contribution is -2.28. The molecular formula is C17H15ClN4O2S2. The van der Waals surface area contributed by atoms with Crippen molar-refractivity contribution in [2.75, 3.05) is 11.4 Å². The van der Waals surface area contributed by atoms with Crippen LogP contribution in [-0.2, 0) is 11.2 Å². The fourth-order valence-electron chi connectivity index (χ4n) is 2.80. The van der Waals surface area contributed by atoms with Crippen LogP contribution < -0.4 is 4.90 Å². The summed E-state index contributed by atoms with van der Waals surface area (Å²) in [6, 6.07) is 7.37. The van der Waals surface area contributed by atoms with E-state index in [9.17, 15) is 4.79 Å². The molecule has 1 saturated heterocycles. The number of aryl methyl sites for hydroxylation is 1. The summed E-state index contributed by atoms with van der Waals surface area (Å²) in [7, 11) is 0. The zero-order valence-electron chi connectivity index (χ0n) is 13.9. The average Bonchev–Trinajstić information content (AvgIpc) is 3.32. The third-order valence-electron chi connectivity index (χ3n) is 3.99. The van der Waals surface area contributed by atoms with Gasteiger partial charge in [0.15, 0.2) is 0 Å². The van der Waals surface area contributed by atoms with Crippen LogP contribution in [0.3, 0.4) is 0 Å². The first-order chi connectivity index (χ1) is 12.6. The fourth-order valence-corrected chi connectivity index (χ4v) is 4.57. The van der Waals surface area contributed by atoms with Crippen molar-refractivity contribution in [3.63, 3.8) is 0 Å². The third kappa shape index (κ3) is 3.62. The Balaban J connectivity index is 1.42. The van der Waals surface area contributed by atoms with Crippen molar-refractivity contribution in [3.8, 4) is 0 Å². The summed E-state index contributed by atoms with van der Waals surface area (Å²) in [6.45, 7) is 2.58. The molecule has 1 aliphatic heterocycles. The summed E-state index contributed by atoms with van der Waals surface area (Å²) in [5.41, 5.74) is 1.65. The van der Waals surface area contributed by atoms with Crippen LogP contribution >= 0.6 is 34.7 Å². The van der Waals surface area contributed by atoms with Crippen molar-refractivity contribution in [1.29, 1.82) is 0 Å². The molecule has 9 heteroatoms. The molecule has 1 amide bonds. The molecule has 3 aromatic rings. The molecular weight excluding hydrogens is 392 g/mol. The van der Waals surface area contributed by atoms with E-state index in [0.29, 0.717) is 35.5 Å². The van der Waals surface area contributed by atoms with Gasteiger partial charge in [-0.3, -0.25) is 4.79 Å². The molecule has 134 valence electrons. The monoisotopic (exact) mass is 406 g/mol. The number of para-hydroxylation sites is 1. The maximum absolute atomic E-state index is 12.7. The van der Waals surface area contributed by atoms with E-state index in [0.717, 1.165) is 16.4 Å². The highest BCUT2D eigenvalue weighted by molar-refractivity contribution is 8.00. The van der Waals surface area contributed by atoms with Gasteiger partial charge in [0.2, 0.25) is 11.8 Å². The van der Waals surface area contributed by atoms with Crippen LogP contribution in [0.1, 0.15) is 23.0 Å². The van der Waals surface area contributed by atoms with E-state index in [1.54, 1.807) is 22.3 Å². The standard InChI is InChI=1S/C17H15ClN4O2S2/c1-10-19-11(9-25-10)8-15-20-21-17(24-15)26-14-6-7-22(16(14)23)13-5-3-2-4-12(13)18/h2-5,9,14H,6-8H2,1H3. The Hall–Kier alpha value is -1.90. The second-order valence-corrected chi connectivity index (χ2v) is 8.46. The smallest absolute Gasteiger partial charge is 0.277 e. The zero-order chi connectivity index (χ0) is 18.1. The molecule has 0 spiro atoms.